The van der Waals surface area contributed by atoms with Crippen LogP contribution < -0.4 is 9.64 Å². The van der Waals surface area contributed by atoms with Crippen molar-refractivity contribution >= 4 is 28.3 Å². The second kappa shape index (κ2) is 5.05. The zero-order valence-corrected chi connectivity index (χ0v) is 11.2. The number of nitrogens with zero attached hydrogens (tertiary/aromatic N) is 1. The zero-order chi connectivity index (χ0) is 10.7. The highest BCUT2D eigenvalue weighted by molar-refractivity contribution is 14.1. The van der Waals surface area contributed by atoms with Crippen molar-refractivity contribution < 1.29 is 4.74 Å². The fourth-order valence-electron chi connectivity index (χ4n) is 2.05. The SMILES string of the molecule is COc1ccc(I)cc1N1CCCCC1. The maximum atomic E-state index is 5.41. The zero-order valence-electron chi connectivity index (χ0n) is 9.00. The van der Waals surface area contributed by atoms with E-state index < -0.39 is 0 Å². The molecule has 1 fully saturated rings. The van der Waals surface area contributed by atoms with Crippen LogP contribution >= 0.6 is 22.6 Å². The average molecular weight is 317 g/mol. The lowest BCUT2D eigenvalue weighted by molar-refractivity contribution is 0.412. The van der Waals surface area contributed by atoms with Gasteiger partial charge in [0.15, 0.2) is 0 Å². The number of hydrogen-bond donors (Lipinski definition) is 0. The topological polar surface area (TPSA) is 12.5 Å². The van der Waals surface area contributed by atoms with Crippen LogP contribution in [0, 0.1) is 3.57 Å². The molecule has 0 radical (unpaired) electrons. The van der Waals surface area contributed by atoms with Crippen molar-refractivity contribution in [2.24, 2.45) is 0 Å². The fraction of sp³-hybridized carbons (Fsp3) is 0.500. The van der Waals surface area contributed by atoms with Gasteiger partial charge < -0.3 is 9.64 Å². The van der Waals surface area contributed by atoms with Crippen LogP contribution in [-0.2, 0) is 0 Å². The number of ether oxygens (including phenoxy) is 1. The summed E-state index contributed by atoms with van der Waals surface area (Å²) >= 11 is 2.35. The maximum absolute atomic E-state index is 5.41. The molecule has 2 nitrogen and oxygen atoms in total. The summed E-state index contributed by atoms with van der Waals surface area (Å²) in [5.41, 5.74) is 1.25. The molecule has 1 heterocycles. The van der Waals surface area contributed by atoms with Crippen molar-refractivity contribution in [2.75, 3.05) is 25.1 Å². The van der Waals surface area contributed by atoms with Crippen molar-refractivity contribution in [3.8, 4) is 5.75 Å². The van der Waals surface area contributed by atoms with Crippen LogP contribution in [0.1, 0.15) is 19.3 Å². The molecule has 0 aliphatic carbocycles. The van der Waals surface area contributed by atoms with Crippen molar-refractivity contribution in [3.05, 3.63) is 21.8 Å². The number of rotatable bonds is 2. The molecule has 0 N–H and O–H groups in total. The Kier molecular flexibility index (Phi) is 3.72. The number of anilines is 1. The second-order valence-electron chi connectivity index (χ2n) is 3.86. The third-order valence-corrected chi connectivity index (χ3v) is 3.51. The first-order valence-electron chi connectivity index (χ1n) is 5.40. The first-order chi connectivity index (χ1) is 7.31. The van der Waals surface area contributed by atoms with E-state index in [0.717, 1.165) is 18.8 Å². The van der Waals surface area contributed by atoms with Crippen LogP contribution in [-0.4, -0.2) is 20.2 Å². The predicted octanol–water partition coefficient (Wildman–Crippen LogP) is 3.29. The Bertz CT molecular complexity index is 334. The summed E-state index contributed by atoms with van der Waals surface area (Å²) < 4.78 is 6.68. The molecule has 3 heteroatoms. The van der Waals surface area contributed by atoms with Gasteiger partial charge in [-0.3, -0.25) is 0 Å². The maximum Gasteiger partial charge on any atom is 0.142 e. The molecule has 0 aromatic heterocycles. The molecule has 0 spiro atoms. The van der Waals surface area contributed by atoms with Crippen molar-refractivity contribution in [1.29, 1.82) is 0 Å². The van der Waals surface area contributed by atoms with Crippen LogP contribution in [0.3, 0.4) is 0 Å². The Labute approximate surface area is 105 Å². The van der Waals surface area contributed by atoms with Crippen LogP contribution in [0.15, 0.2) is 18.2 Å². The van der Waals surface area contributed by atoms with E-state index in [1.54, 1.807) is 7.11 Å². The molecule has 1 aliphatic rings. The number of piperidine rings is 1. The summed E-state index contributed by atoms with van der Waals surface area (Å²) in [7, 11) is 1.75. The third kappa shape index (κ3) is 2.56. The lowest BCUT2D eigenvalue weighted by atomic mass is 10.1. The molecular formula is C12H16INO. The molecule has 2 rings (SSSR count). The molecule has 0 bridgehead atoms. The molecule has 1 aliphatic heterocycles. The Morgan fingerprint density at radius 2 is 1.93 bits per heavy atom. The van der Waals surface area contributed by atoms with Crippen molar-refractivity contribution in [2.45, 2.75) is 19.3 Å². The first-order valence-corrected chi connectivity index (χ1v) is 6.47. The highest BCUT2D eigenvalue weighted by atomic mass is 127. The van der Waals surface area contributed by atoms with Crippen LogP contribution in [0.25, 0.3) is 0 Å². The average Bonchev–Trinajstić information content (AvgIpc) is 2.30. The van der Waals surface area contributed by atoms with Gasteiger partial charge >= 0.3 is 0 Å². The fourth-order valence-corrected chi connectivity index (χ4v) is 2.52. The molecule has 0 unspecified atom stereocenters. The van der Waals surface area contributed by atoms with Gasteiger partial charge in [0.25, 0.3) is 0 Å². The van der Waals surface area contributed by atoms with Crippen LogP contribution in [0.2, 0.25) is 0 Å². The van der Waals surface area contributed by atoms with E-state index >= 15 is 0 Å². The Morgan fingerprint density at radius 3 is 2.60 bits per heavy atom. The second-order valence-corrected chi connectivity index (χ2v) is 5.11. The summed E-state index contributed by atoms with van der Waals surface area (Å²) in [4.78, 5) is 2.44. The lowest BCUT2D eigenvalue weighted by Crippen LogP contribution is -2.29. The number of halogens is 1. The molecule has 1 saturated heterocycles. The van der Waals surface area contributed by atoms with Gasteiger partial charge in [-0.05, 0) is 60.1 Å². The molecular weight excluding hydrogens is 301 g/mol. The summed E-state index contributed by atoms with van der Waals surface area (Å²) in [6.07, 6.45) is 3.96. The molecule has 0 atom stereocenters. The molecule has 1 aromatic carbocycles. The number of benzene rings is 1. The van der Waals surface area contributed by atoms with E-state index in [1.165, 1.54) is 28.5 Å². The van der Waals surface area contributed by atoms with Crippen molar-refractivity contribution in [1.82, 2.24) is 0 Å². The van der Waals surface area contributed by atoms with E-state index in [4.69, 9.17) is 4.74 Å². The lowest BCUT2D eigenvalue weighted by Gasteiger charge is -2.30. The standard InChI is InChI=1S/C12H16INO/c1-15-12-6-5-10(13)9-11(12)14-7-3-2-4-8-14/h5-6,9H,2-4,7-8H2,1H3. The Morgan fingerprint density at radius 1 is 1.20 bits per heavy atom. The summed E-state index contributed by atoms with van der Waals surface area (Å²) in [5, 5.41) is 0. The summed E-state index contributed by atoms with van der Waals surface area (Å²) in [5.74, 6) is 0.998. The minimum absolute atomic E-state index is 0.998. The Balaban J connectivity index is 2.27. The molecule has 1 aromatic rings. The van der Waals surface area contributed by atoms with Gasteiger partial charge in [0.2, 0.25) is 0 Å². The monoisotopic (exact) mass is 317 g/mol. The van der Waals surface area contributed by atoms with Gasteiger partial charge in [0.1, 0.15) is 5.75 Å². The van der Waals surface area contributed by atoms with E-state index in [-0.39, 0.29) is 0 Å². The van der Waals surface area contributed by atoms with E-state index in [0.29, 0.717) is 0 Å². The minimum atomic E-state index is 0.998. The smallest absolute Gasteiger partial charge is 0.142 e. The van der Waals surface area contributed by atoms with Gasteiger partial charge in [-0.15, -0.1) is 0 Å². The molecule has 15 heavy (non-hydrogen) atoms. The minimum Gasteiger partial charge on any atom is -0.495 e. The largest absolute Gasteiger partial charge is 0.495 e. The van der Waals surface area contributed by atoms with Gasteiger partial charge in [0, 0.05) is 16.7 Å². The predicted molar refractivity (Wildman–Crippen MR) is 71.8 cm³/mol. The molecule has 0 amide bonds. The first kappa shape index (κ1) is 11.0. The summed E-state index contributed by atoms with van der Waals surface area (Å²) in [6.45, 7) is 2.33. The van der Waals surface area contributed by atoms with Crippen LogP contribution in [0.5, 0.6) is 5.75 Å². The third-order valence-electron chi connectivity index (χ3n) is 2.84. The van der Waals surface area contributed by atoms with Crippen molar-refractivity contribution in [3.63, 3.8) is 0 Å². The quantitative estimate of drug-likeness (QED) is 0.776. The van der Waals surface area contributed by atoms with E-state index in [9.17, 15) is 0 Å². The van der Waals surface area contributed by atoms with E-state index in [1.807, 2.05) is 0 Å². The van der Waals surface area contributed by atoms with Gasteiger partial charge in [-0.1, -0.05) is 0 Å². The molecule has 82 valence electrons. The molecule has 0 saturated carbocycles. The van der Waals surface area contributed by atoms with Gasteiger partial charge in [-0.2, -0.15) is 0 Å². The van der Waals surface area contributed by atoms with E-state index in [2.05, 4.69) is 45.7 Å². The number of methoxy groups -OCH3 is 1. The van der Waals surface area contributed by atoms with Crippen LogP contribution in [0.4, 0.5) is 5.69 Å². The van der Waals surface area contributed by atoms with Gasteiger partial charge in [0.05, 0.1) is 12.8 Å². The normalized spacial score (nSPS) is 16.5. The number of hydrogen-bond acceptors (Lipinski definition) is 2. The summed E-state index contributed by atoms with van der Waals surface area (Å²) in [6, 6.07) is 6.36. The Hall–Kier alpha value is -0.450. The highest BCUT2D eigenvalue weighted by Crippen LogP contribution is 2.31. The highest BCUT2D eigenvalue weighted by Gasteiger charge is 2.14. The van der Waals surface area contributed by atoms with Gasteiger partial charge in [-0.25, -0.2) is 0 Å².